The quantitative estimate of drug-likeness (QED) is 0.741. The van der Waals surface area contributed by atoms with Gasteiger partial charge in [0.05, 0.1) is 0 Å². The maximum atomic E-state index is 3.49. The summed E-state index contributed by atoms with van der Waals surface area (Å²) in [5.74, 6) is 0. The number of hydrogen-bond acceptors (Lipinski definition) is 1. The van der Waals surface area contributed by atoms with Crippen LogP contribution >= 0.6 is 15.9 Å². The van der Waals surface area contributed by atoms with Crippen LogP contribution in [0.25, 0.3) is 10.9 Å². The smallest absolute Gasteiger partial charge is 0.0457 e. The lowest BCUT2D eigenvalue weighted by Crippen LogP contribution is -2.12. The molecule has 0 bridgehead atoms. The van der Waals surface area contributed by atoms with Crippen molar-refractivity contribution in [1.82, 2.24) is 10.3 Å². The number of aromatic amines is 1. The van der Waals surface area contributed by atoms with Gasteiger partial charge in [0.2, 0.25) is 0 Å². The van der Waals surface area contributed by atoms with E-state index in [9.17, 15) is 0 Å². The molecule has 1 heterocycles. The zero-order valence-corrected chi connectivity index (χ0v) is 12.1. The van der Waals surface area contributed by atoms with Gasteiger partial charge in [0.1, 0.15) is 0 Å². The zero-order valence-electron chi connectivity index (χ0n) is 10.5. The van der Waals surface area contributed by atoms with Crippen molar-refractivity contribution in [1.29, 1.82) is 0 Å². The topological polar surface area (TPSA) is 27.8 Å². The molecule has 96 valence electrons. The summed E-state index contributed by atoms with van der Waals surface area (Å²) < 4.78 is 1.12. The minimum absolute atomic E-state index is 0.872. The Bertz CT molecular complexity index is 688. The third-order valence-electron chi connectivity index (χ3n) is 3.21. The molecule has 0 aliphatic carbocycles. The van der Waals surface area contributed by atoms with Gasteiger partial charge in [-0.15, -0.1) is 0 Å². The molecule has 0 amide bonds. The monoisotopic (exact) mass is 314 g/mol. The van der Waals surface area contributed by atoms with E-state index in [1.165, 1.54) is 22.0 Å². The molecule has 0 unspecified atom stereocenters. The molecule has 0 atom stereocenters. The standard InChI is InChI=1S/C16H15BrN2/c17-14-5-3-4-12(8-14)9-18-10-13-11-19-16-7-2-1-6-15(13)16/h1-8,11,18-19H,9-10H2. The molecule has 3 rings (SSSR count). The highest BCUT2D eigenvalue weighted by molar-refractivity contribution is 9.10. The van der Waals surface area contributed by atoms with E-state index in [-0.39, 0.29) is 0 Å². The van der Waals surface area contributed by atoms with Crippen molar-refractivity contribution in [2.45, 2.75) is 13.1 Å². The summed E-state index contributed by atoms with van der Waals surface area (Å²) >= 11 is 3.49. The van der Waals surface area contributed by atoms with Gasteiger partial charge in [0.15, 0.2) is 0 Å². The van der Waals surface area contributed by atoms with Gasteiger partial charge < -0.3 is 10.3 Å². The van der Waals surface area contributed by atoms with E-state index >= 15 is 0 Å². The second kappa shape index (κ2) is 5.59. The van der Waals surface area contributed by atoms with Crippen LogP contribution in [0.15, 0.2) is 59.2 Å². The van der Waals surface area contributed by atoms with Gasteiger partial charge in [-0.05, 0) is 29.3 Å². The number of rotatable bonds is 4. The molecule has 3 heteroatoms. The second-order valence-electron chi connectivity index (χ2n) is 4.59. The number of halogens is 1. The average Bonchev–Trinajstić information content (AvgIpc) is 2.83. The Labute approximate surface area is 121 Å². The molecule has 0 radical (unpaired) electrons. The SMILES string of the molecule is Brc1cccc(CNCc2c[nH]c3ccccc23)c1. The highest BCUT2D eigenvalue weighted by Crippen LogP contribution is 2.17. The van der Waals surface area contributed by atoms with Crippen molar-refractivity contribution in [3.8, 4) is 0 Å². The number of fused-ring (bicyclic) bond motifs is 1. The molecular formula is C16H15BrN2. The highest BCUT2D eigenvalue weighted by Gasteiger charge is 2.02. The molecule has 0 fully saturated rings. The van der Waals surface area contributed by atoms with Crippen LogP contribution in [0.2, 0.25) is 0 Å². The molecule has 2 N–H and O–H groups in total. The first kappa shape index (κ1) is 12.5. The van der Waals surface area contributed by atoms with E-state index in [0.29, 0.717) is 0 Å². The molecular weight excluding hydrogens is 300 g/mol. The number of aromatic nitrogens is 1. The summed E-state index contributed by atoms with van der Waals surface area (Å²) in [6, 6.07) is 16.8. The number of H-pyrrole nitrogens is 1. The molecule has 0 saturated carbocycles. The molecule has 0 saturated heterocycles. The predicted octanol–water partition coefficient (Wildman–Crippen LogP) is 4.22. The third-order valence-corrected chi connectivity index (χ3v) is 3.70. The predicted molar refractivity (Wildman–Crippen MR) is 83.0 cm³/mol. The van der Waals surface area contributed by atoms with Crippen LogP contribution in [-0.2, 0) is 13.1 Å². The Morgan fingerprint density at radius 1 is 1.00 bits per heavy atom. The number of para-hydroxylation sites is 1. The van der Waals surface area contributed by atoms with Gasteiger partial charge in [-0.25, -0.2) is 0 Å². The largest absolute Gasteiger partial charge is 0.361 e. The summed E-state index contributed by atoms with van der Waals surface area (Å²) in [4.78, 5) is 3.30. The Hall–Kier alpha value is -1.58. The fraction of sp³-hybridized carbons (Fsp3) is 0.125. The summed E-state index contributed by atoms with van der Waals surface area (Å²) in [7, 11) is 0. The summed E-state index contributed by atoms with van der Waals surface area (Å²) in [6.07, 6.45) is 2.08. The van der Waals surface area contributed by atoms with Crippen molar-refractivity contribution in [2.24, 2.45) is 0 Å². The first-order valence-electron chi connectivity index (χ1n) is 6.33. The normalized spacial score (nSPS) is 11.0. The van der Waals surface area contributed by atoms with Gasteiger partial charge in [-0.3, -0.25) is 0 Å². The van der Waals surface area contributed by atoms with E-state index in [2.05, 4.69) is 74.9 Å². The molecule has 0 aliphatic heterocycles. The minimum atomic E-state index is 0.872. The summed E-state index contributed by atoms with van der Waals surface area (Å²) in [5, 5.41) is 4.78. The van der Waals surface area contributed by atoms with E-state index in [1.54, 1.807) is 0 Å². The molecule has 1 aromatic heterocycles. The first-order valence-corrected chi connectivity index (χ1v) is 7.12. The fourth-order valence-electron chi connectivity index (χ4n) is 2.27. The Morgan fingerprint density at radius 2 is 1.89 bits per heavy atom. The van der Waals surface area contributed by atoms with Crippen LogP contribution < -0.4 is 5.32 Å². The Kier molecular flexibility index (Phi) is 3.67. The Morgan fingerprint density at radius 3 is 2.79 bits per heavy atom. The zero-order chi connectivity index (χ0) is 13.1. The van der Waals surface area contributed by atoms with Crippen molar-refractivity contribution >= 4 is 26.8 Å². The van der Waals surface area contributed by atoms with Gasteiger partial charge in [0, 0.05) is 34.7 Å². The van der Waals surface area contributed by atoms with Gasteiger partial charge in [0.25, 0.3) is 0 Å². The molecule has 2 aromatic carbocycles. The summed E-state index contributed by atoms with van der Waals surface area (Å²) in [6.45, 7) is 1.75. The number of hydrogen-bond donors (Lipinski definition) is 2. The maximum absolute atomic E-state index is 3.49. The molecule has 3 aromatic rings. The Balaban J connectivity index is 1.66. The molecule has 2 nitrogen and oxygen atoms in total. The maximum Gasteiger partial charge on any atom is 0.0457 e. The fourth-order valence-corrected chi connectivity index (χ4v) is 2.71. The average molecular weight is 315 g/mol. The third kappa shape index (κ3) is 2.88. The van der Waals surface area contributed by atoms with Crippen LogP contribution in [0, 0.1) is 0 Å². The van der Waals surface area contributed by atoms with Crippen LogP contribution in [0.5, 0.6) is 0 Å². The highest BCUT2D eigenvalue weighted by atomic mass is 79.9. The van der Waals surface area contributed by atoms with Gasteiger partial charge in [-0.1, -0.05) is 46.3 Å². The lowest BCUT2D eigenvalue weighted by atomic mass is 10.1. The number of benzene rings is 2. The van der Waals surface area contributed by atoms with Crippen LogP contribution in [0.1, 0.15) is 11.1 Å². The summed E-state index contributed by atoms with van der Waals surface area (Å²) in [5.41, 5.74) is 3.79. The van der Waals surface area contributed by atoms with E-state index in [1.807, 2.05) is 6.07 Å². The van der Waals surface area contributed by atoms with E-state index < -0.39 is 0 Å². The van der Waals surface area contributed by atoms with E-state index in [4.69, 9.17) is 0 Å². The minimum Gasteiger partial charge on any atom is -0.361 e. The second-order valence-corrected chi connectivity index (χ2v) is 5.51. The first-order chi connectivity index (χ1) is 9.33. The molecule has 0 spiro atoms. The van der Waals surface area contributed by atoms with Crippen LogP contribution in [0.4, 0.5) is 0 Å². The van der Waals surface area contributed by atoms with Crippen LogP contribution in [-0.4, -0.2) is 4.98 Å². The van der Waals surface area contributed by atoms with Crippen molar-refractivity contribution in [3.63, 3.8) is 0 Å². The molecule has 0 aliphatic rings. The van der Waals surface area contributed by atoms with Crippen molar-refractivity contribution in [3.05, 3.63) is 70.3 Å². The van der Waals surface area contributed by atoms with Crippen molar-refractivity contribution in [2.75, 3.05) is 0 Å². The lowest BCUT2D eigenvalue weighted by molar-refractivity contribution is 0.696. The van der Waals surface area contributed by atoms with Crippen molar-refractivity contribution < 1.29 is 0 Å². The van der Waals surface area contributed by atoms with Gasteiger partial charge in [-0.2, -0.15) is 0 Å². The van der Waals surface area contributed by atoms with Gasteiger partial charge >= 0.3 is 0 Å². The van der Waals surface area contributed by atoms with Crippen LogP contribution in [0.3, 0.4) is 0 Å². The van der Waals surface area contributed by atoms with E-state index in [0.717, 1.165) is 17.6 Å². The lowest BCUT2D eigenvalue weighted by Gasteiger charge is -2.04. The number of nitrogens with one attached hydrogen (secondary N) is 2. The molecule has 19 heavy (non-hydrogen) atoms.